The highest BCUT2D eigenvalue weighted by atomic mass is 16.4. The van der Waals surface area contributed by atoms with Crippen LogP contribution in [0.25, 0.3) is 0 Å². The Hall–Kier alpha value is -1.88. The van der Waals surface area contributed by atoms with E-state index in [0.29, 0.717) is 11.3 Å². The fraction of sp³-hybridized carbons (Fsp3) is 0.429. The summed E-state index contributed by atoms with van der Waals surface area (Å²) in [7, 11) is 1.97. The van der Waals surface area contributed by atoms with Gasteiger partial charge >= 0.3 is 5.97 Å². The predicted molar refractivity (Wildman–Crippen MR) is 72.4 cm³/mol. The second-order valence-electron chi connectivity index (χ2n) is 5.04. The van der Waals surface area contributed by atoms with Crippen LogP contribution in [0.3, 0.4) is 0 Å². The number of likely N-dealkylation sites (tertiary alicyclic amines) is 1. The van der Waals surface area contributed by atoms with Crippen molar-refractivity contribution in [3.8, 4) is 0 Å². The van der Waals surface area contributed by atoms with Gasteiger partial charge in [-0.1, -0.05) is 12.1 Å². The number of rotatable bonds is 3. The van der Waals surface area contributed by atoms with E-state index in [9.17, 15) is 14.7 Å². The molecular formula is C14H18N2O3. The summed E-state index contributed by atoms with van der Waals surface area (Å²) in [6.07, 6.45) is 0.816. The van der Waals surface area contributed by atoms with E-state index in [1.165, 1.54) is 0 Å². The zero-order valence-electron chi connectivity index (χ0n) is 11.1. The first-order chi connectivity index (χ1) is 8.99. The van der Waals surface area contributed by atoms with Crippen molar-refractivity contribution in [2.75, 3.05) is 25.5 Å². The van der Waals surface area contributed by atoms with Crippen LogP contribution < -0.4 is 5.32 Å². The Morgan fingerprint density at radius 1 is 1.42 bits per heavy atom. The van der Waals surface area contributed by atoms with E-state index in [4.69, 9.17) is 0 Å². The highest BCUT2D eigenvalue weighted by Gasteiger charge is 2.27. The maximum absolute atomic E-state index is 12.1. The lowest BCUT2D eigenvalue weighted by atomic mass is 10.0. The van der Waals surface area contributed by atoms with Crippen molar-refractivity contribution < 1.29 is 14.7 Å². The molecule has 5 heteroatoms. The van der Waals surface area contributed by atoms with Gasteiger partial charge in [-0.25, -0.2) is 4.79 Å². The first-order valence-electron chi connectivity index (χ1n) is 6.31. The molecule has 1 unspecified atom stereocenters. The van der Waals surface area contributed by atoms with E-state index in [0.717, 1.165) is 19.5 Å². The number of aryl methyl sites for hydroxylation is 1. The molecule has 1 atom stereocenters. The molecule has 1 heterocycles. The monoisotopic (exact) mass is 262 g/mol. The van der Waals surface area contributed by atoms with Gasteiger partial charge in [-0.15, -0.1) is 0 Å². The van der Waals surface area contributed by atoms with Crippen LogP contribution in [0.4, 0.5) is 5.69 Å². The lowest BCUT2D eigenvalue weighted by molar-refractivity contribution is -0.119. The molecule has 1 amide bonds. The zero-order valence-corrected chi connectivity index (χ0v) is 11.1. The van der Waals surface area contributed by atoms with Crippen molar-refractivity contribution in [1.82, 2.24) is 4.90 Å². The lowest BCUT2D eigenvalue weighted by Gasteiger charge is -2.14. The number of anilines is 1. The molecule has 0 spiro atoms. The standard InChI is InChI=1S/C14H18N2O3/c1-9-4-3-5-11(12(9)14(18)19)15-13(17)10-6-7-16(2)8-10/h3-5,10H,6-8H2,1-2H3,(H,15,17)(H,18,19). The Bertz CT molecular complexity index is 513. The number of aromatic carboxylic acids is 1. The molecule has 2 rings (SSSR count). The molecule has 0 radical (unpaired) electrons. The summed E-state index contributed by atoms with van der Waals surface area (Å²) in [5.41, 5.74) is 1.20. The summed E-state index contributed by atoms with van der Waals surface area (Å²) in [4.78, 5) is 25.4. The zero-order chi connectivity index (χ0) is 14.0. The van der Waals surface area contributed by atoms with Crippen LogP contribution >= 0.6 is 0 Å². The van der Waals surface area contributed by atoms with Gasteiger partial charge in [0.05, 0.1) is 17.2 Å². The topological polar surface area (TPSA) is 69.6 Å². The van der Waals surface area contributed by atoms with Gasteiger partial charge in [-0.2, -0.15) is 0 Å². The number of nitrogens with one attached hydrogen (secondary N) is 1. The van der Waals surface area contributed by atoms with E-state index in [2.05, 4.69) is 10.2 Å². The SMILES string of the molecule is Cc1cccc(NC(=O)C2CCN(C)C2)c1C(=O)O. The molecule has 5 nitrogen and oxygen atoms in total. The first kappa shape index (κ1) is 13.5. The molecule has 0 saturated carbocycles. The number of carbonyl (C=O) groups is 2. The highest BCUT2D eigenvalue weighted by molar-refractivity contribution is 6.02. The van der Waals surface area contributed by atoms with Gasteiger partial charge < -0.3 is 15.3 Å². The summed E-state index contributed by atoms with van der Waals surface area (Å²) in [6, 6.07) is 5.10. The van der Waals surface area contributed by atoms with E-state index in [1.54, 1.807) is 25.1 Å². The van der Waals surface area contributed by atoms with Crippen LogP contribution in [0, 0.1) is 12.8 Å². The number of amides is 1. The molecule has 0 aliphatic carbocycles. The van der Waals surface area contributed by atoms with Crippen molar-refractivity contribution in [1.29, 1.82) is 0 Å². The second kappa shape index (κ2) is 5.40. The third-order valence-electron chi connectivity index (χ3n) is 3.51. The fourth-order valence-electron chi connectivity index (χ4n) is 2.44. The number of hydrogen-bond donors (Lipinski definition) is 2. The molecule has 1 aromatic carbocycles. The number of carbonyl (C=O) groups excluding carboxylic acids is 1. The fourth-order valence-corrected chi connectivity index (χ4v) is 2.44. The van der Waals surface area contributed by atoms with Crippen molar-refractivity contribution in [3.63, 3.8) is 0 Å². The van der Waals surface area contributed by atoms with Crippen molar-refractivity contribution >= 4 is 17.6 Å². The predicted octanol–water partition coefficient (Wildman–Crippen LogP) is 1.58. The molecule has 1 fully saturated rings. The van der Waals surface area contributed by atoms with Gasteiger partial charge in [0.2, 0.25) is 5.91 Å². The van der Waals surface area contributed by atoms with Crippen LogP contribution in [-0.4, -0.2) is 42.0 Å². The Morgan fingerprint density at radius 3 is 2.74 bits per heavy atom. The van der Waals surface area contributed by atoms with Crippen molar-refractivity contribution in [2.24, 2.45) is 5.92 Å². The first-order valence-corrected chi connectivity index (χ1v) is 6.31. The minimum atomic E-state index is -1.02. The molecule has 2 N–H and O–H groups in total. The number of nitrogens with zero attached hydrogens (tertiary/aromatic N) is 1. The summed E-state index contributed by atoms with van der Waals surface area (Å²) in [5, 5.41) is 12.0. The molecular weight excluding hydrogens is 244 g/mol. The van der Waals surface area contributed by atoms with Gasteiger partial charge in [-0.3, -0.25) is 4.79 Å². The molecule has 1 saturated heterocycles. The van der Waals surface area contributed by atoms with Gasteiger partial charge in [-0.05, 0) is 38.6 Å². The van der Waals surface area contributed by atoms with Crippen molar-refractivity contribution in [3.05, 3.63) is 29.3 Å². The molecule has 0 bridgehead atoms. The Kier molecular flexibility index (Phi) is 3.85. The van der Waals surface area contributed by atoms with Crippen molar-refractivity contribution in [2.45, 2.75) is 13.3 Å². The maximum atomic E-state index is 12.1. The normalized spacial score (nSPS) is 19.4. The van der Waals surface area contributed by atoms with Crippen LogP contribution in [0.1, 0.15) is 22.3 Å². The molecule has 1 aliphatic rings. The highest BCUT2D eigenvalue weighted by Crippen LogP contribution is 2.22. The third kappa shape index (κ3) is 2.93. The molecule has 19 heavy (non-hydrogen) atoms. The average molecular weight is 262 g/mol. The Labute approximate surface area is 112 Å². The van der Waals surface area contributed by atoms with Crippen LogP contribution in [-0.2, 0) is 4.79 Å². The van der Waals surface area contributed by atoms with Gasteiger partial charge in [0.15, 0.2) is 0 Å². The maximum Gasteiger partial charge on any atom is 0.338 e. The molecule has 102 valence electrons. The van der Waals surface area contributed by atoms with E-state index < -0.39 is 5.97 Å². The van der Waals surface area contributed by atoms with Crippen LogP contribution in [0.15, 0.2) is 18.2 Å². The smallest absolute Gasteiger partial charge is 0.338 e. The van der Waals surface area contributed by atoms with E-state index in [-0.39, 0.29) is 17.4 Å². The Balaban J connectivity index is 2.17. The number of carboxylic acid groups (broad SMARTS) is 1. The average Bonchev–Trinajstić information content (AvgIpc) is 2.75. The summed E-state index contributed by atoms with van der Waals surface area (Å²) < 4.78 is 0. The minimum Gasteiger partial charge on any atom is -0.478 e. The second-order valence-corrected chi connectivity index (χ2v) is 5.04. The third-order valence-corrected chi connectivity index (χ3v) is 3.51. The lowest BCUT2D eigenvalue weighted by Crippen LogP contribution is -2.26. The Morgan fingerprint density at radius 2 is 2.16 bits per heavy atom. The summed E-state index contributed by atoms with van der Waals surface area (Å²) in [5.74, 6) is -1.18. The van der Waals surface area contributed by atoms with E-state index in [1.807, 2.05) is 7.05 Å². The molecule has 1 aliphatic heterocycles. The summed E-state index contributed by atoms with van der Waals surface area (Å²) >= 11 is 0. The number of benzene rings is 1. The van der Waals surface area contributed by atoms with Crippen LogP contribution in [0.2, 0.25) is 0 Å². The minimum absolute atomic E-state index is 0.0628. The summed E-state index contributed by atoms with van der Waals surface area (Å²) in [6.45, 7) is 3.35. The van der Waals surface area contributed by atoms with Gasteiger partial charge in [0.25, 0.3) is 0 Å². The largest absolute Gasteiger partial charge is 0.478 e. The quantitative estimate of drug-likeness (QED) is 0.867. The van der Waals surface area contributed by atoms with Gasteiger partial charge in [0, 0.05) is 6.54 Å². The number of carboxylic acids is 1. The molecule has 0 aromatic heterocycles. The van der Waals surface area contributed by atoms with Gasteiger partial charge in [0.1, 0.15) is 0 Å². The van der Waals surface area contributed by atoms with E-state index >= 15 is 0 Å². The van der Waals surface area contributed by atoms with Crippen LogP contribution in [0.5, 0.6) is 0 Å². The number of hydrogen-bond acceptors (Lipinski definition) is 3. The molecule has 1 aromatic rings.